The number of hydrogen-bond acceptors (Lipinski definition) is 5. The van der Waals surface area contributed by atoms with Gasteiger partial charge < -0.3 is 10.6 Å². The lowest BCUT2D eigenvalue weighted by Crippen LogP contribution is -2.53. The van der Waals surface area contributed by atoms with Crippen molar-refractivity contribution in [1.82, 2.24) is 25.7 Å². The number of likely N-dealkylation sites (N-methyl/N-ethyl adjacent to an activating group) is 1. The molecule has 1 aliphatic rings. The number of aromatic amines is 1. The molecule has 0 amide bonds. The molecule has 1 unspecified atom stereocenters. The summed E-state index contributed by atoms with van der Waals surface area (Å²) in [6.45, 7) is 5.13. The number of piperazine rings is 1. The van der Waals surface area contributed by atoms with E-state index in [9.17, 15) is 0 Å². The molecule has 5 nitrogen and oxygen atoms in total. The van der Waals surface area contributed by atoms with Crippen LogP contribution in [0.4, 0.5) is 0 Å². The summed E-state index contributed by atoms with van der Waals surface area (Å²) in [5.74, 6) is 0. The summed E-state index contributed by atoms with van der Waals surface area (Å²) in [5, 5.41) is 18.5. The Morgan fingerprint density at radius 1 is 1.55 bits per heavy atom. The standard InChI is InChI=1S/C14H21N5S/c1-19-4-3-15-8-13(19)9-16-6-12-7-17-18-14(12)11-2-5-20-10-11/h2,5,7,10,13,15-16H,3-4,6,8-9H2,1H3,(H,17,18). The minimum Gasteiger partial charge on any atom is -0.314 e. The third-order valence-electron chi connectivity index (χ3n) is 3.87. The van der Waals surface area contributed by atoms with Gasteiger partial charge in [-0.05, 0) is 18.5 Å². The van der Waals surface area contributed by atoms with Crippen molar-refractivity contribution in [2.75, 3.05) is 33.2 Å². The molecule has 1 aliphatic heterocycles. The van der Waals surface area contributed by atoms with E-state index in [4.69, 9.17) is 0 Å². The highest BCUT2D eigenvalue weighted by Gasteiger charge is 2.18. The van der Waals surface area contributed by atoms with Gasteiger partial charge in [0.05, 0.1) is 11.9 Å². The van der Waals surface area contributed by atoms with Crippen LogP contribution in [0.5, 0.6) is 0 Å². The van der Waals surface area contributed by atoms with E-state index in [-0.39, 0.29) is 0 Å². The number of aromatic nitrogens is 2. The normalized spacial score (nSPS) is 20.4. The van der Waals surface area contributed by atoms with Crippen LogP contribution >= 0.6 is 11.3 Å². The molecule has 0 bridgehead atoms. The Morgan fingerprint density at radius 3 is 3.30 bits per heavy atom. The van der Waals surface area contributed by atoms with Crippen molar-refractivity contribution in [2.24, 2.45) is 0 Å². The van der Waals surface area contributed by atoms with Crippen LogP contribution in [-0.2, 0) is 6.54 Å². The minimum absolute atomic E-state index is 0.570. The van der Waals surface area contributed by atoms with Gasteiger partial charge in [-0.1, -0.05) is 0 Å². The Morgan fingerprint density at radius 2 is 2.50 bits per heavy atom. The van der Waals surface area contributed by atoms with Crippen molar-refractivity contribution in [3.8, 4) is 11.3 Å². The van der Waals surface area contributed by atoms with Crippen molar-refractivity contribution in [1.29, 1.82) is 0 Å². The molecule has 2 aromatic rings. The lowest BCUT2D eigenvalue weighted by molar-refractivity contribution is 0.195. The van der Waals surface area contributed by atoms with Gasteiger partial charge in [0.2, 0.25) is 0 Å². The van der Waals surface area contributed by atoms with Crippen LogP contribution in [0.25, 0.3) is 11.3 Å². The maximum Gasteiger partial charge on any atom is 0.0703 e. The molecule has 20 heavy (non-hydrogen) atoms. The van der Waals surface area contributed by atoms with Gasteiger partial charge in [-0.25, -0.2) is 0 Å². The molecule has 0 radical (unpaired) electrons. The van der Waals surface area contributed by atoms with Crippen LogP contribution < -0.4 is 10.6 Å². The molecular formula is C14H21N5S. The zero-order valence-electron chi connectivity index (χ0n) is 11.7. The van der Waals surface area contributed by atoms with E-state index in [0.717, 1.165) is 38.4 Å². The van der Waals surface area contributed by atoms with Gasteiger partial charge in [-0.3, -0.25) is 10.00 Å². The zero-order valence-corrected chi connectivity index (χ0v) is 12.5. The molecule has 108 valence electrons. The highest BCUT2D eigenvalue weighted by Crippen LogP contribution is 2.23. The average molecular weight is 291 g/mol. The Kier molecular flexibility index (Phi) is 4.47. The number of thiophene rings is 1. The highest BCUT2D eigenvalue weighted by atomic mass is 32.1. The number of hydrogen-bond donors (Lipinski definition) is 3. The van der Waals surface area contributed by atoms with Gasteiger partial charge in [-0.2, -0.15) is 16.4 Å². The number of nitrogens with one attached hydrogen (secondary N) is 3. The zero-order chi connectivity index (χ0) is 13.8. The second-order valence-electron chi connectivity index (χ2n) is 5.25. The minimum atomic E-state index is 0.570. The maximum atomic E-state index is 4.18. The Balaban J connectivity index is 1.55. The van der Waals surface area contributed by atoms with Gasteiger partial charge in [0.1, 0.15) is 0 Å². The molecule has 6 heteroatoms. The van der Waals surface area contributed by atoms with E-state index < -0.39 is 0 Å². The van der Waals surface area contributed by atoms with E-state index in [2.05, 4.69) is 49.6 Å². The van der Waals surface area contributed by atoms with Crippen molar-refractivity contribution < 1.29 is 0 Å². The lowest BCUT2D eigenvalue weighted by Gasteiger charge is -2.33. The summed E-state index contributed by atoms with van der Waals surface area (Å²) in [6.07, 6.45) is 1.92. The largest absolute Gasteiger partial charge is 0.314 e. The lowest BCUT2D eigenvalue weighted by atomic mass is 10.1. The molecule has 1 atom stereocenters. The third-order valence-corrected chi connectivity index (χ3v) is 4.55. The first-order valence-electron chi connectivity index (χ1n) is 7.01. The fraction of sp³-hybridized carbons (Fsp3) is 0.500. The second kappa shape index (κ2) is 6.49. The fourth-order valence-corrected chi connectivity index (χ4v) is 3.21. The maximum absolute atomic E-state index is 4.18. The van der Waals surface area contributed by atoms with Gasteiger partial charge in [0.25, 0.3) is 0 Å². The summed E-state index contributed by atoms with van der Waals surface area (Å²) in [5.41, 5.74) is 3.59. The quantitative estimate of drug-likeness (QED) is 0.773. The molecule has 0 aromatic carbocycles. The Bertz CT molecular complexity index is 521. The number of H-pyrrole nitrogens is 1. The van der Waals surface area contributed by atoms with Gasteiger partial charge in [0, 0.05) is 55.3 Å². The van der Waals surface area contributed by atoms with Crippen LogP contribution in [-0.4, -0.2) is 54.4 Å². The summed E-state index contributed by atoms with van der Waals surface area (Å²) in [6, 6.07) is 2.70. The molecule has 0 spiro atoms. The SMILES string of the molecule is CN1CCNCC1CNCc1cn[nH]c1-c1ccsc1. The van der Waals surface area contributed by atoms with E-state index in [0.29, 0.717) is 6.04 Å². The van der Waals surface area contributed by atoms with Crippen LogP contribution in [0.3, 0.4) is 0 Å². The summed E-state index contributed by atoms with van der Waals surface area (Å²) in [7, 11) is 2.20. The molecule has 2 aromatic heterocycles. The average Bonchev–Trinajstić information content (AvgIpc) is 3.11. The monoisotopic (exact) mass is 291 g/mol. The van der Waals surface area contributed by atoms with Crippen LogP contribution in [0.2, 0.25) is 0 Å². The van der Waals surface area contributed by atoms with E-state index >= 15 is 0 Å². The Labute approximate surface area is 123 Å². The fourth-order valence-electron chi connectivity index (χ4n) is 2.57. The van der Waals surface area contributed by atoms with Crippen molar-refractivity contribution >= 4 is 11.3 Å². The number of nitrogens with zero attached hydrogens (tertiary/aromatic N) is 2. The van der Waals surface area contributed by atoms with Crippen molar-refractivity contribution in [3.05, 3.63) is 28.6 Å². The molecule has 3 rings (SSSR count). The summed E-state index contributed by atoms with van der Waals surface area (Å²) in [4.78, 5) is 2.42. The van der Waals surface area contributed by atoms with Crippen molar-refractivity contribution in [3.63, 3.8) is 0 Å². The van der Waals surface area contributed by atoms with Gasteiger partial charge in [-0.15, -0.1) is 0 Å². The second-order valence-corrected chi connectivity index (χ2v) is 6.03. The number of rotatable bonds is 5. The Hall–Kier alpha value is -1.21. The molecule has 0 saturated carbocycles. The van der Waals surface area contributed by atoms with Gasteiger partial charge >= 0.3 is 0 Å². The predicted molar refractivity (Wildman–Crippen MR) is 82.9 cm³/mol. The van der Waals surface area contributed by atoms with Crippen LogP contribution in [0, 0.1) is 0 Å². The molecule has 3 N–H and O–H groups in total. The predicted octanol–water partition coefficient (Wildman–Crippen LogP) is 1.13. The molecule has 0 aliphatic carbocycles. The van der Waals surface area contributed by atoms with Crippen LogP contribution in [0.15, 0.2) is 23.0 Å². The van der Waals surface area contributed by atoms with E-state index in [1.165, 1.54) is 11.1 Å². The van der Waals surface area contributed by atoms with Crippen molar-refractivity contribution in [2.45, 2.75) is 12.6 Å². The topological polar surface area (TPSA) is 56.0 Å². The van der Waals surface area contributed by atoms with Crippen LogP contribution in [0.1, 0.15) is 5.56 Å². The smallest absolute Gasteiger partial charge is 0.0703 e. The first-order chi connectivity index (χ1) is 9.84. The van der Waals surface area contributed by atoms with E-state index in [1.54, 1.807) is 11.3 Å². The molecule has 1 saturated heterocycles. The van der Waals surface area contributed by atoms with E-state index in [1.807, 2.05) is 6.20 Å². The summed E-state index contributed by atoms with van der Waals surface area (Å²) >= 11 is 1.71. The highest BCUT2D eigenvalue weighted by molar-refractivity contribution is 7.08. The molecular weight excluding hydrogens is 270 g/mol. The molecule has 1 fully saturated rings. The molecule has 3 heterocycles. The summed E-state index contributed by atoms with van der Waals surface area (Å²) < 4.78 is 0. The third kappa shape index (κ3) is 3.09. The van der Waals surface area contributed by atoms with Gasteiger partial charge in [0.15, 0.2) is 0 Å². The first-order valence-corrected chi connectivity index (χ1v) is 7.95. The first kappa shape index (κ1) is 13.8.